The van der Waals surface area contributed by atoms with E-state index in [4.69, 9.17) is 0 Å². The third kappa shape index (κ3) is 2.67. The van der Waals surface area contributed by atoms with Gasteiger partial charge in [-0.05, 0) is 24.7 Å². The Kier molecular flexibility index (Phi) is 4.27. The molecular formula is C15H23NO3. The summed E-state index contributed by atoms with van der Waals surface area (Å²) in [6.07, 6.45) is 8.06. The number of hydrogen-bond acceptors (Lipinski definition) is 2. The molecule has 0 heterocycles. The molecule has 19 heavy (non-hydrogen) atoms. The Bertz CT molecular complexity index is 391. The lowest BCUT2D eigenvalue weighted by atomic mass is 9.82. The van der Waals surface area contributed by atoms with Crippen molar-refractivity contribution in [3.8, 4) is 0 Å². The van der Waals surface area contributed by atoms with Crippen LogP contribution in [0.4, 0.5) is 0 Å². The maximum atomic E-state index is 12.5. The fourth-order valence-corrected chi connectivity index (χ4v) is 3.46. The highest BCUT2D eigenvalue weighted by Gasteiger charge is 2.52. The predicted octanol–water partition coefficient (Wildman–Crippen LogP) is 2.16. The molecule has 4 atom stereocenters. The lowest BCUT2D eigenvalue weighted by molar-refractivity contribution is -0.150. The van der Waals surface area contributed by atoms with Crippen molar-refractivity contribution in [1.29, 1.82) is 0 Å². The molecule has 4 heteroatoms. The molecule has 2 aliphatic rings. The number of unbranched alkanes of at least 4 members (excludes halogenated alkanes) is 2. The zero-order valence-electron chi connectivity index (χ0n) is 11.7. The first kappa shape index (κ1) is 14.1. The third-order valence-corrected chi connectivity index (χ3v) is 4.50. The Morgan fingerprint density at radius 1 is 1.21 bits per heavy atom. The lowest BCUT2D eigenvalue weighted by Gasteiger charge is -2.28. The number of carbonyl (C=O) groups is 2. The molecule has 2 bridgehead atoms. The number of nitrogens with zero attached hydrogens (tertiary/aromatic N) is 1. The number of hydrogen-bond donors (Lipinski definition) is 1. The fraction of sp³-hybridized carbons (Fsp3) is 0.733. The Balaban J connectivity index is 2.01. The van der Waals surface area contributed by atoms with Gasteiger partial charge in [-0.25, -0.2) is 0 Å². The molecular weight excluding hydrogens is 242 g/mol. The average molecular weight is 265 g/mol. The molecule has 0 saturated heterocycles. The molecule has 0 spiro atoms. The van der Waals surface area contributed by atoms with Crippen LogP contribution in [0.15, 0.2) is 12.2 Å². The predicted molar refractivity (Wildman–Crippen MR) is 72.5 cm³/mol. The van der Waals surface area contributed by atoms with Gasteiger partial charge in [0.1, 0.15) is 0 Å². The summed E-state index contributed by atoms with van der Waals surface area (Å²) in [5.41, 5.74) is 0. The van der Waals surface area contributed by atoms with Crippen LogP contribution < -0.4 is 0 Å². The van der Waals surface area contributed by atoms with Crippen molar-refractivity contribution in [1.82, 2.24) is 4.90 Å². The SMILES string of the molecule is CCCCCN(C)C(=O)[C@H]1C2C=CC(C2)[C@H]1C(=O)O. The summed E-state index contributed by atoms with van der Waals surface area (Å²) in [4.78, 5) is 25.6. The first-order valence-corrected chi connectivity index (χ1v) is 7.22. The van der Waals surface area contributed by atoms with E-state index in [1.165, 1.54) is 0 Å². The summed E-state index contributed by atoms with van der Waals surface area (Å²) >= 11 is 0. The van der Waals surface area contributed by atoms with Gasteiger partial charge in [-0.15, -0.1) is 0 Å². The molecule has 106 valence electrons. The first-order valence-electron chi connectivity index (χ1n) is 7.22. The van der Waals surface area contributed by atoms with Crippen LogP contribution in [-0.2, 0) is 9.59 Å². The van der Waals surface area contributed by atoms with Crippen molar-refractivity contribution >= 4 is 11.9 Å². The molecule has 0 aliphatic heterocycles. The van der Waals surface area contributed by atoms with Crippen LogP contribution in [0.2, 0.25) is 0 Å². The quantitative estimate of drug-likeness (QED) is 0.591. The van der Waals surface area contributed by atoms with E-state index in [9.17, 15) is 14.7 Å². The molecule has 1 amide bonds. The van der Waals surface area contributed by atoms with Crippen LogP contribution in [0.25, 0.3) is 0 Å². The van der Waals surface area contributed by atoms with E-state index in [1.54, 1.807) is 11.9 Å². The van der Waals surface area contributed by atoms with Gasteiger partial charge in [0.2, 0.25) is 5.91 Å². The Morgan fingerprint density at radius 2 is 1.84 bits per heavy atom. The van der Waals surface area contributed by atoms with Crippen molar-refractivity contribution in [2.45, 2.75) is 32.6 Å². The van der Waals surface area contributed by atoms with Gasteiger partial charge in [-0.3, -0.25) is 9.59 Å². The highest BCUT2D eigenvalue weighted by Crippen LogP contribution is 2.48. The minimum Gasteiger partial charge on any atom is -0.481 e. The number of carbonyl (C=O) groups excluding carboxylic acids is 1. The van der Waals surface area contributed by atoms with Gasteiger partial charge in [0.25, 0.3) is 0 Å². The van der Waals surface area contributed by atoms with E-state index in [0.717, 1.165) is 32.2 Å². The van der Waals surface area contributed by atoms with Crippen molar-refractivity contribution in [2.24, 2.45) is 23.7 Å². The molecule has 2 aliphatic carbocycles. The second kappa shape index (κ2) is 5.76. The first-order chi connectivity index (χ1) is 9.06. The minimum absolute atomic E-state index is 0.0142. The summed E-state index contributed by atoms with van der Waals surface area (Å²) in [6.45, 7) is 2.86. The largest absolute Gasteiger partial charge is 0.481 e. The zero-order valence-corrected chi connectivity index (χ0v) is 11.7. The number of rotatable bonds is 6. The van der Waals surface area contributed by atoms with Crippen LogP contribution in [0, 0.1) is 23.7 Å². The smallest absolute Gasteiger partial charge is 0.307 e. The summed E-state index contributed by atoms with van der Waals surface area (Å²) < 4.78 is 0. The Hall–Kier alpha value is -1.32. The standard InChI is InChI=1S/C15H23NO3/c1-3-4-5-8-16(2)14(17)12-10-6-7-11(9-10)13(12)15(18)19/h6-7,10-13H,3-5,8-9H2,1-2H3,(H,18,19)/t10?,11?,12-,13+/m0/s1. The molecule has 0 aromatic heterocycles. The topological polar surface area (TPSA) is 57.6 Å². The van der Waals surface area contributed by atoms with E-state index < -0.39 is 11.9 Å². The molecule has 1 fully saturated rings. The van der Waals surface area contributed by atoms with Crippen molar-refractivity contribution in [3.63, 3.8) is 0 Å². The van der Waals surface area contributed by atoms with E-state index in [-0.39, 0.29) is 23.7 Å². The van der Waals surface area contributed by atoms with E-state index >= 15 is 0 Å². The molecule has 2 unspecified atom stereocenters. The van der Waals surface area contributed by atoms with Crippen molar-refractivity contribution in [3.05, 3.63) is 12.2 Å². The monoisotopic (exact) mass is 265 g/mol. The summed E-state index contributed by atoms with van der Waals surface area (Å²) in [7, 11) is 1.80. The van der Waals surface area contributed by atoms with Gasteiger partial charge in [0.05, 0.1) is 11.8 Å². The van der Waals surface area contributed by atoms with Gasteiger partial charge < -0.3 is 10.0 Å². The molecule has 2 rings (SSSR count). The summed E-state index contributed by atoms with van der Waals surface area (Å²) in [5, 5.41) is 9.35. The number of fused-ring (bicyclic) bond motifs is 2. The second-order valence-corrected chi connectivity index (χ2v) is 5.81. The molecule has 0 aromatic carbocycles. The van der Waals surface area contributed by atoms with Crippen molar-refractivity contribution in [2.75, 3.05) is 13.6 Å². The van der Waals surface area contributed by atoms with Crippen LogP contribution in [0.3, 0.4) is 0 Å². The zero-order chi connectivity index (χ0) is 14.0. The number of carboxylic acids is 1. The average Bonchev–Trinajstić information content (AvgIpc) is 2.97. The van der Waals surface area contributed by atoms with Crippen LogP contribution in [0.1, 0.15) is 32.6 Å². The van der Waals surface area contributed by atoms with Crippen LogP contribution >= 0.6 is 0 Å². The number of amides is 1. The van der Waals surface area contributed by atoms with Gasteiger partial charge in [0.15, 0.2) is 0 Å². The highest BCUT2D eigenvalue weighted by molar-refractivity contribution is 5.86. The van der Waals surface area contributed by atoms with E-state index in [1.807, 2.05) is 12.2 Å². The number of aliphatic carboxylic acids is 1. The molecule has 1 saturated carbocycles. The van der Waals surface area contributed by atoms with Crippen LogP contribution in [0.5, 0.6) is 0 Å². The molecule has 0 aromatic rings. The minimum atomic E-state index is -0.822. The highest BCUT2D eigenvalue weighted by atomic mass is 16.4. The van der Waals surface area contributed by atoms with Gasteiger partial charge in [-0.1, -0.05) is 31.9 Å². The normalized spacial score (nSPS) is 31.7. The van der Waals surface area contributed by atoms with Gasteiger partial charge >= 0.3 is 5.97 Å². The summed E-state index contributed by atoms with van der Waals surface area (Å²) in [6, 6.07) is 0. The molecule has 1 N–H and O–H groups in total. The van der Waals surface area contributed by atoms with E-state index in [2.05, 4.69) is 6.92 Å². The van der Waals surface area contributed by atoms with Gasteiger partial charge in [-0.2, -0.15) is 0 Å². The van der Waals surface area contributed by atoms with Crippen LogP contribution in [-0.4, -0.2) is 35.5 Å². The van der Waals surface area contributed by atoms with E-state index in [0.29, 0.717) is 0 Å². The summed E-state index contributed by atoms with van der Waals surface area (Å²) in [5.74, 6) is -1.49. The second-order valence-electron chi connectivity index (χ2n) is 5.81. The lowest BCUT2D eigenvalue weighted by Crippen LogP contribution is -2.41. The van der Waals surface area contributed by atoms with Crippen molar-refractivity contribution < 1.29 is 14.7 Å². The maximum Gasteiger partial charge on any atom is 0.307 e. The molecule has 4 nitrogen and oxygen atoms in total. The maximum absolute atomic E-state index is 12.5. The number of allylic oxidation sites excluding steroid dienone is 2. The third-order valence-electron chi connectivity index (χ3n) is 4.50. The van der Waals surface area contributed by atoms with Gasteiger partial charge in [0, 0.05) is 13.6 Å². The fourth-order valence-electron chi connectivity index (χ4n) is 3.46. The Labute approximate surface area is 114 Å². The number of carboxylic acid groups (broad SMARTS) is 1. The molecule has 0 radical (unpaired) electrons. The Morgan fingerprint density at radius 3 is 2.42 bits per heavy atom.